The molecule has 6 nitrogen and oxygen atoms in total. The molecule has 2 aromatic heterocycles. The highest BCUT2D eigenvalue weighted by molar-refractivity contribution is 6.09. The smallest absolute Gasteiger partial charge is 0.260 e. The maximum atomic E-state index is 12.7. The van der Waals surface area contributed by atoms with Gasteiger partial charge in [-0.1, -0.05) is 45.0 Å². The summed E-state index contributed by atoms with van der Waals surface area (Å²) in [6.45, 7) is 8.61. The first-order valence-electron chi connectivity index (χ1n) is 10.6. The van der Waals surface area contributed by atoms with Crippen LogP contribution < -0.4 is 10.2 Å². The molecule has 1 amide bonds. The van der Waals surface area contributed by atoms with Crippen molar-refractivity contribution in [1.29, 1.82) is 0 Å². The predicted molar refractivity (Wildman–Crippen MR) is 129 cm³/mol. The number of rotatable bonds is 5. The van der Waals surface area contributed by atoms with E-state index in [-0.39, 0.29) is 17.9 Å². The normalized spacial score (nSPS) is 12.0. The second kappa shape index (κ2) is 8.46. The van der Waals surface area contributed by atoms with Crippen LogP contribution in [0.4, 0.5) is 0 Å². The van der Waals surface area contributed by atoms with Crippen molar-refractivity contribution in [2.24, 2.45) is 5.10 Å². The average molecular weight is 429 g/mol. The van der Waals surface area contributed by atoms with Crippen molar-refractivity contribution in [2.75, 3.05) is 7.11 Å². The third-order valence-corrected chi connectivity index (χ3v) is 5.64. The second-order valence-corrected chi connectivity index (χ2v) is 8.93. The van der Waals surface area contributed by atoms with Crippen LogP contribution >= 0.6 is 0 Å². The number of hydrogen-bond acceptors (Lipinski definition) is 4. The number of nitrogens with zero attached hydrogens (tertiary/aromatic N) is 3. The highest BCUT2D eigenvalue weighted by Gasteiger charge is 2.16. The van der Waals surface area contributed by atoms with E-state index in [0.717, 1.165) is 38.8 Å². The van der Waals surface area contributed by atoms with Gasteiger partial charge in [0, 0.05) is 23.0 Å². The molecule has 2 heterocycles. The molecule has 0 aliphatic carbocycles. The number of methoxy groups -OCH3 is 1. The molecule has 4 rings (SSSR count). The molecule has 4 aromatic rings. The van der Waals surface area contributed by atoms with Crippen LogP contribution in [-0.2, 0) is 16.8 Å². The lowest BCUT2D eigenvalue weighted by atomic mass is 9.87. The lowest BCUT2D eigenvalue weighted by Crippen LogP contribution is -2.23. The molecule has 0 saturated heterocycles. The van der Waals surface area contributed by atoms with Crippen molar-refractivity contribution in [2.45, 2.75) is 39.7 Å². The summed E-state index contributed by atoms with van der Waals surface area (Å²) in [4.78, 5) is 17.2. The molecule has 0 fully saturated rings. The number of aryl methyl sites for hydroxylation is 1. The van der Waals surface area contributed by atoms with E-state index in [1.165, 1.54) is 5.56 Å². The summed E-state index contributed by atoms with van der Waals surface area (Å²) >= 11 is 0. The summed E-state index contributed by atoms with van der Waals surface area (Å²) in [6, 6.07) is 16.1. The molecule has 0 unspecified atom stereocenters. The van der Waals surface area contributed by atoms with Gasteiger partial charge in [0.05, 0.1) is 30.1 Å². The number of ether oxygens (including phenoxy) is 1. The molecule has 0 spiro atoms. The van der Waals surface area contributed by atoms with Gasteiger partial charge in [-0.05, 0) is 41.7 Å². The van der Waals surface area contributed by atoms with Gasteiger partial charge in [-0.15, -0.1) is 0 Å². The second-order valence-electron chi connectivity index (χ2n) is 8.93. The van der Waals surface area contributed by atoms with E-state index < -0.39 is 0 Å². The third kappa shape index (κ3) is 4.21. The number of fused-ring (bicyclic) bond motifs is 3. The van der Waals surface area contributed by atoms with Gasteiger partial charge in [-0.3, -0.25) is 9.78 Å². The summed E-state index contributed by atoms with van der Waals surface area (Å²) < 4.78 is 7.37. The summed E-state index contributed by atoms with van der Waals surface area (Å²) in [7, 11) is 1.64. The first-order valence-corrected chi connectivity index (χ1v) is 10.6. The average Bonchev–Trinajstić information content (AvgIpc) is 3.07. The molecule has 0 bridgehead atoms. The molecule has 164 valence electrons. The molecule has 0 saturated carbocycles. The topological polar surface area (TPSA) is 68.5 Å². The number of hydrogen-bond donors (Lipinski definition) is 1. The Morgan fingerprint density at radius 2 is 1.88 bits per heavy atom. The van der Waals surface area contributed by atoms with Crippen LogP contribution in [0, 0.1) is 6.92 Å². The number of aromatic nitrogens is 2. The van der Waals surface area contributed by atoms with Crippen molar-refractivity contribution in [1.82, 2.24) is 15.0 Å². The molecule has 32 heavy (non-hydrogen) atoms. The van der Waals surface area contributed by atoms with Crippen LogP contribution in [0.25, 0.3) is 21.8 Å². The Morgan fingerprint density at radius 1 is 1.12 bits per heavy atom. The van der Waals surface area contributed by atoms with Crippen LogP contribution in [-0.4, -0.2) is 28.8 Å². The van der Waals surface area contributed by atoms with Crippen molar-refractivity contribution >= 4 is 33.9 Å². The minimum atomic E-state index is -0.211. The molecule has 6 heteroatoms. The summed E-state index contributed by atoms with van der Waals surface area (Å²) in [5, 5.41) is 6.27. The summed E-state index contributed by atoms with van der Waals surface area (Å²) in [5.41, 5.74) is 7.66. The molecule has 1 N–H and O–H groups in total. The Bertz CT molecular complexity index is 1310. The van der Waals surface area contributed by atoms with E-state index in [4.69, 9.17) is 4.74 Å². The summed E-state index contributed by atoms with van der Waals surface area (Å²) in [6.07, 6.45) is 3.45. The Balaban J connectivity index is 1.57. The minimum Gasteiger partial charge on any atom is -0.497 e. The van der Waals surface area contributed by atoms with Crippen LogP contribution in [0.2, 0.25) is 0 Å². The summed E-state index contributed by atoms with van der Waals surface area (Å²) in [5.74, 6) is 0.529. The van der Waals surface area contributed by atoms with Crippen molar-refractivity contribution in [3.63, 3.8) is 0 Å². The van der Waals surface area contributed by atoms with Gasteiger partial charge in [0.2, 0.25) is 0 Å². The Kier molecular flexibility index (Phi) is 5.70. The van der Waals surface area contributed by atoms with Gasteiger partial charge in [-0.2, -0.15) is 5.10 Å². The van der Waals surface area contributed by atoms with Crippen LogP contribution in [0.15, 0.2) is 59.8 Å². The van der Waals surface area contributed by atoms with Crippen molar-refractivity contribution in [3.05, 3.63) is 71.5 Å². The highest BCUT2D eigenvalue weighted by Crippen LogP contribution is 2.32. The third-order valence-electron chi connectivity index (χ3n) is 5.64. The molecule has 0 aliphatic heterocycles. The molecular weight excluding hydrogens is 400 g/mol. The zero-order valence-electron chi connectivity index (χ0n) is 19.1. The van der Waals surface area contributed by atoms with Gasteiger partial charge in [-0.25, -0.2) is 5.43 Å². The first-order chi connectivity index (χ1) is 15.3. The zero-order chi connectivity index (χ0) is 22.9. The van der Waals surface area contributed by atoms with Crippen LogP contribution in [0.1, 0.15) is 37.6 Å². The lowest BCUT2D eigenvalue weighted by molar-refractivity contribution is -0.121. The van der Waals surface area contributed by atoms with Gasteiger partial charge < -0.3 is 9.30 Å². The van der Waals surface area contributed by atoms with E-state index in [1.54, 1.807) is 19.5 Å². The number of carbonyl (C=O) groups is 1. The maximum Gasteiger partial charge on any atom is 0.260 e. The standard InChI is InChI=1S/C26H28N4O2/c1-17-25-22(12-13-27-17)21-11-10-20(32-5)14-23(21)30(25)16-24(31)29-28-15-18-6-8-19(9-7-18)26(2,3)4/h6-15H,16H2,1-5H3,(H,29,31)/b28-15+. The monoisotopic (exact) mass is 428 g/mol. The van der Waals surface area contributed by atoms with Gasteiger partial charge >= 0.3 is 0 Å². The lowest BCUT2D eigenvalue weighted by Gasteiger charge is -2.18. The number of pyridine rings is 1. The highest BCUT2D eigenvalue weighted by atomic mass is 16.5. The number of benzene rings is 2. The zero-order valence-corrected chi connectivity index (χ0v) is 19.1. The number of hydrazone groups is 1. The van der Waals surface area contributed by atoms with E-state index >= 15 is 0 Å². The number of amides is 1. The van der Waals surface area contributed by atoms with E-state index in [9.17, 15) is 4.79 Å². The van der Waals surface area contributed by atoms with Gasteiger partial charge in [0.25, 0.3) is 5.91 Å². The van der Waals surface area contributed by atoms with Gasteiger partial charge in [0.1, 0.15) is 12.3 Å². The van der Waals surface area contributed by atoms with Crippen molar-refractivity contribution < 1.29 is 9.53 Å². The maximum absolute atomic E-state index is 12.7. The van der Waals surface area contributed by atoms with E-state index in [0.29, 0.717) is 0 Å². The molecule has 0 radical (unpaired) electrons. The quantitative estimate of drug-likeness (QED) is 0.361. The fourth-order valence-corrected chi connectivity index (χ4v) is 3.92. The Hall–Kier alpha value is -3.67. The number of carbonyl (C=O) groups excluding carboxylic acids is 1. The number of nitrogens with one attached hydrogen (secondary N) is 1. The van der Waals surface area contributed by atoms with E-state index in [2.05, 4.69) is 48.4 Å². The molecule has 0 atom stereocenters. The van der Waals surface area contributed by atoms with Crippen LogP contribution in [0.3, 0.4) is 0 Å². The Labute approximate surface area is 187 Å². The SMILES string of the molecule is COc1ccc2c3ccnc(C)c3n(CC(=O)N/N=C/c3ccc(C(C)(C)C)cc3)c2c1. The Morgan fingerprint density at radius 3 is 2.56 bits per heavy atom. The fourth-order valence-electron chi connectivity index (χ4n) is 3.92. The predicted octanol–water partition coefficient (Wildman–Crippen LogP) is 4.95. The van der Waals surface area contributed by atoms with Crippen LogP contribution in [0.5, 0.6) is 5.75 Å². The molecule has 0 aliphatic rings. The molecular formula is C26H28N4O2. The first kappa shape index (κ1) is 21.6. The minimum absolute atomic E-state index is 0.0991. The van der Waals surface area contributed by atoms with Crippen molar-refractivity contribution in [3.8, 4) is 5.75 Å². The largest absolute Gasteiger partial charge is 0.497 e. The van der Waals surface area contributed by atoms with E-state index in [1.807, 2.05) is 47.9 Å². The van der Waals surface area contributed by atoms with Gasteiger partial charge in [0.15, 0.2) is 0 Å². The molecule has 2 aromatic carbocycles. The fraction of sp³-hybridized carbons (Fsp3) is 0.269.